The van der Waals surface area contributed by atoms with Crippen LogP contribution < -0.4 is 10.6 Å². The van der Waals surface area contributed by atoms with E-state index in [4.69, 9.17) is 11.6 Å². The lowest BCUT2D eigenvalue weighted by Crippen LogP contribution is -2.33. The highest BCUT2D eigenvalue weighted by atomic mass is 35.5. The van der Waals surface area contributed by atoms with E-state index in [1.165, 1.54) is 11.8 Å². The first kappa shape index (κ1) is 24.8. The Bertz CT molecular complexity index is 1140. The van der Waals surface area contributed by atoms with Crippen LogP contribution in [-0.4, -0.2) is 32.3 Å². The molecule has 2 aromatic carbocycles. The van der Waals surface area contributed by atoms with E-state index in [0.29, 0.717) is 21.6 Å². The molecular formula is C24H28ClN5O2S. The smallest absolute Gasteiger partial charge is 0.251 e. The fraction of sp³-hybridized carbons (Fsp3) is 0.333. The van der Waals surface area contributed by atoms with Crippen LogP contribution in [0.2, 0.25) is 5.02 Å². The Hall–Kier alpha value is -2.84. The van der Waals surface area contributed by atoms with Gasteiger partial charge in [0.25, 0.3) is 5.91 Å². The average molecular weight is 486 g/mol. The van der Waals surface area contributed by atoms with Crippen molar-refractivity contribution >= 4 is 40.9 Å². The van der Waals surface area contributed by atoms with E-state index in [1.54, 1.807) is 24.3 Å². The number of amides is 2. The van der Waals surface area contributed by atoms with Gasteiger partial charge in [-0.2, -0.15) is 0 Å². The molecule has 7 nitrogen and oxygen atoms in total. The quantitative estimate of drug-likeness (QED) is 0.441. The van der Waals surface area contributed by atoms with Gasteiger partial charge in [0.15, 0.2) is 11.0 Å². The van der Waals surface area contributed by atoms with Crippen molar-refractivity contribution in [1.82, 2.24) is 20.1 Å². The van der Waals surface area contributed by atoms with Crippen molar-refractivity contribution in [3.8, 4) is 0 Å². The zero-order valence-electron chi connectivity index (χ0n) is 19.3. The Kier molecular flexibility index (Phi) is 8.15. The monoisotopic (exact) mass is 485 g/mol. The van der Waals surface area contributed by atoms with Crippen LogP contribution in [0.25, 0.3) is 0 Å². The van der Waals surface area contributed by atoms with Crippen molar-refractivity contribution in [2.45, 2.75) is 38.9 Å². The molecule has 0 aliphatic carbocycles. The summed E-state index contributed by atoms with van der Waals surface area (Å²) in [5, 5.41) is 15.7. The second-order valence-corrected chi connectivity index (χ2v) is 9.64. The highest BCUT2D eigenvalue weighted by molar-refractivity contribution is 7.99. The normalized spacial score (nSPS) is 12.0. The number of aryl methyl sites for hydroxylation is 2. The molecule has 1 aromatic heterocycles. The lowest BCUT2D eigenvalue weighted by Gasteiger charge is -2.21. The van der Waals surface area contributed by atoms with Crippen LogP contribution in [0.1, 0.15) is 47.2 Å². The number of carbonyl (C=O) groups excluding carboxylic acids is 2. The number of halogens is 1. The molecule has 0 saturated carbocycles. The number of nitrogens with one attached hydrogen (secondary N) is 2. The van der Waals surface area contributed by atoms with Crippen LogP contribution in [0.4, 0.5) is 5.69 Å². The lowest BCUT2D eigenvalue weighted by molar-refractivity contribution is -0.113. The number of hydrogen-bond acceptors (Lipinski definition) is 5. The van der Waals surface area contributed by atoms with Gasteiger partial charge in [-0.15, -0.1) is 10.2 Å². The Morgan fingerprint density at radius 1 is 1.09 bits per heavy atom. The third-order valence-electron chi connectivity index (χ3n) is 5.19. The third kappa shape index (κ3) is 6.36. The van der Waals surface area contributed by atoms with Gasteiger partial charge in [0.05, 0.1) is 11.8 Å². The third-order valence-corrected chi connectivity index (χ3v) is 6.47. The summed E-state index contributed by atoms with van der Waals surface area (Å²) in [5.74, 6) is 0.575. The number of thioether (sulfide) groups is 1. The molecule has 9 heteroatoms. The van der Waals surface area contributed by atoms with Crippen molar-refractivity contribution in [1.29, 1.82) is 0 Å². The molecule has 0 spiro atoms. The summed E-state index contributed by atoms with van der Waals surface area (Å²) >= 11 is 7.22. The minimum Gasteiger partial charge on any atom is -0.342 e. The number of carbonyl (C=O) groups is 2. The highest BCUT2D eigenvalue weighted by Gasteiger charge is 2.25. The van der Waals surface area contributed by atoms with E-state index in [9.17, 15) is 9.59 Å². The molecular weight excluding hydrogens is 458 g/mol. The van der Waals surface area contributed by atoms with E-state index in [0.717, 1.165) is 16.8 Å². The van der Waals surface area contributed by atoms with Gasteiger partial charge in [-0.05, 0) is 55.7 Å². The number of nitrogens with zero attached hydrogens (tertiary/aromatic N) is 3. The van der Waals surface area contributed by atoms with Crippen molar-refractivity contribution < 1.29 is 9.59 Å². The Morgan fingerprint density at radius 2 is 1.79 bits per heavy atom. The SMILES string of the molecule is Cc1ccc(NC(=O)CSc2nnc([C@H](NC(=O)c3ccc(Cl)cc3)C(C)C)n2C)c(C)c1. The van der Waals surface area contributed by atoms with Crippen LogP contribution in [0.3, 0.4) is 0 Å². The molecule has 2 amide bonds. The fourth-order valence-electron chi connectivity index (χ4n) is 3.35. The topological polar surface area (TPSA) is 88.9 Å². The van der Waals surface area contributed by atoms with Gasteiger partial charge < -0.3 is 15.2 Å². The maximum Gasteiger partial charge on any atom is 0.251 e. The number of aromatic nitrogens is 3. The lowest BCUT2D eigenvalue weighted by atomic mass is 10.0. The van der Waals surface area contributed by atoms with Gasteiger partial charge in [0.2, 0.25) is 5.91 Å². The summed E-state index contributed by atoms with van der Waals surface area (Å²) in [7, 11) is 1.84. The summed E-state index contributed by atoms with van der Waals surface area (Å²) in [5.41, 5.74) is 3.49. The van der Waals surface area contributed by atoms with E-state index in [2.05, 4.69) is 20.8 Å². The predicted octanol–water partition coefficient (Wildman–Crippen LogP) is 4.94. The second-order valence-electron chi connectivity index (χ2n) is 8.26. The standard InChI is InChI=1S/C24H28ClN5O2S/c1-14(2)21(27-23(32)17-7-9-18(25)10-8-17)22-28-29-24(30(22)5)33-13-20(31)26-19-11-6-15(3)12-16(19)4/h6-12,14,21H,13H2,1-5H3,(H,26,31)(H,27,32)/t21-/m1/s1. The minimum atomic E-state index is -0.343. The predicted molar refractivity (Wildman–Crippen MR) is 133 cm³/mol. The molecule has 0 aliphatic rings. The van der Waals surface area contributed by atoms with Crippen LogP contribution in [0, 0.1) is 19.8 Å². The van der Waals surface area contributed by atoms with Crippen LogP contribution in [0.5, 0.6) is 0 Å². The first-order valence-electron chi connectivity index (χ1n) is 10.6. The zero-order valence-corrected chi connectivity index (χ0v) is 20.9. The molecule has 0 saturated heterocycles. The van der Waals surface area contributed by atoms with Crippen molar-refractivity contribution in [2.24, 2.45) is 13.0 Å². The first-order chi connectivity index (χ1) is 15.7. The fourth-order valence-corrected chi connectivity index (χ4v) is 4.19. The van der Waals surface area contributed by atoms with Gasteiger partial charge in [-0.25, -0.2) is 0 Å². The van der Waals surface area contributed by atoms with Crippen LogP contribution in [0.15, 0.2) is 47.6 Å². The van der Waals surface area contributed by atoms with E-state index < -0.39 is 0 Å². The summed E-state index contributed by atoms with van der Waals surface area (Å²) in [6.45, 7) is 7.99. The molecule has 1 heterocycles. The van der Waals surface area contributed by atoms with Gasteiger partial charge in [-0.3, -0.25) is 9.59 Å². The molecule has 3 rings (SSSR count). The van der Waals surface area contributed by atoms with Crippen LogP contribution in [-0.2, 0) is 11.8 Å². The molecule has 174 valence electrons. The molecule has 0 fully saturated rings. The molecule has 0 aliphatic heterocycles. The molecule has 33 heavy (non-hydrogen) atoms. The Morgan fingerprint density at radius 3 is 2.42 bits per heavy atom. The summed E-state index contributed by atoms with van der Waals surface area (Å²) in [6.07, 6.45) is 0. The number of anilines is 1. The molecule has 2 N–H and O–H groups in total. The van der Waals surface area contributed by atoms with Gasteiger partial charge in [0.1, 0.15) is 0 Å². The summed E-state index contributed by atoms with van der Waals surface area (Å²) in [6, 6.07) is 12.3. The number of hydrogen-bond donors (Lipinski definition) is 2. The number of rotatable bonds is 8. The largest absolute Gasteiger partial charge is 0.342 e. The van der Waals surface area contributed by atoms with E-state index >= 15 is 0 Å². The van der Waals surface area contributed by atoms with Crippen molar-refractivity contribution in [3.63, 3.8) is 0 Å². The van der Waals surface area contributed by atoms with E-state index in [-0.39, 0.29) is 29.5 Å². The maximum absolute atomic E-state index is 12.7. The van der Waals surface area contributed by atoms with Crippen molar-refractivity contribution in [2.75, 3.05) is 11.1 Å². The van der Waals surface area contributed by atoms with Crippen LogP contribution >= 0.6 is 23.4 Å². The zero-order chi connectivity index (χ0) is 24.1. The Balaban J connectivity index is 1.66. The molecule has 1 atom stereocenters. The maximum atomic E-state index is 12.7. The molecule has 0 bridgehead atoms. The van der Waals surface area contributed by atoms with E-state index in [1.807, 2.05) is 57.5 Å². The van der Waals surface area contributed by atoms with Gasteiger partial charge in [0, 0.05) is 23.3 Å². The highest BCUT2D eigenvalue weighted by Crippen LogP contribution is 2.25. The summed E-state index contributed by atoms with van der Waals surface area (Å²) in [4.78, 5) is 25.2. The number of benzene rings is 2. The second kappa shape index (κ2) is 10.9. The van der Waals surface area contributed by atoms with Gasteiger partial charge in [-0.1, -0.05) is 54.9 Å². The minimum absolute atomic E-state index is 0.0785. The summed E-state index contributed by atoms with van der Waals surface area (Å²) < 4.78 is 1.82. The average Bonchev–Trinajstić information content (AvgIpc) is 3.12. The Labute approximate surface area is 203 Å². The molecule has 0 unspecified atom stereocenters. The molecule has 0 radical (unpaired) electrons. The molecule has 3 aromatic rings. The van der Waals surface area contributed by atoms with Crippen molar-refractivity contribution in [3.05, 3.63) is 70.0 Å². The van der Waals surface area contributed by atoms with Gasteiger partial charge >= 0.3 is 0 Å². The first-order valence-corrected chi connectivity index (χ1v) is 12.0.